The van der Waals surface area contributed by atoms with Crippen LogP contribution in [0.5, 0.6) is 0 Å². The molecule has 3 heteroatoms. The molecule has 1 spiro atoms. The van der Waals surface area contributed by atoms with Crippen LogP contribution in [-0.2, 0) is 16.1 Å². The molecule has 1 saturated heterocycles. The van der Waals surface area contributed by atoms with Gasteiger partial charge in [-0.2, -0.15) is 0 Å². The summed E-state index contributed by atoms with van der Waals surface area (Å²) in [7, 11) is 1.71. The molecule has 1 aliphatic heterocycles. The van der Waals surface area contributed by atoms with Gasteiger partial charge in [0, 0.05) is 19.3 Å². The molecule has 0 radical (unpaired) electrons. The normalized spacial score (nSPS) is 28.3. The van der Waals surface area contributed by atoms with E-state index in [1.165, 1.54) is 25.7 Å². The zero-order chi connectivity index (χ0) is 16.3. The molecular formula is C20H29NO2. The third-order valence-corrected chi connectivity index (χ3v) is 5.95. The first-order valence-corrected chi connectivity index (χ1v) is 9.08. The molecule has 0 N–H and O–H groups in total. The lowest BCUT2D eigenvalue weighted by molar-refractivity contribution is -0.126. The van der Waals surface area contributed by atoms with E-state index in [1.807, 2.05) is 4.90 Å². The highest BCUT2D eigenvalue weighted by atomic mass is 16.5. The number of nitrogens with zero attached hydrogens (tertiary/aromatic N) is 1. The Kier molecular flexibility index (Phi) is 5.05. The van der Waals surface area contributed by atoms with E-state index in [0.717, 1.165) is 43.0 Å². The van der Waals surface area contributed by atoms with Crippen LogP contribution in [0, 0.1) is 11.3 Å². The number of hydrogen-bond acceptors (Lipinski definition) is 2. The highest BCUT2D eigenvalue weighted by Crippen LogP contribution is 2.46. The minimum absolute atomic E-state index is 0.0743. The lowest BCUT2D eigenvalue weighted by Gasteiger charge is -2.26. The number of hydrogen-bond donors (Lipinski definition) is 0. The maximum absolute atomic E-state index is 13.1. The molecule has 3 nitrogen and oxygen atoms in total. The molecule has 0 bridgehead atoms. The smallest absolute Gasteiger partial charge is 0.233 e. The summed E-state index contributed by atoms with van der Waals surface area (Å²) in [5.74, 6) is 1.19. The van der Waals surface area contributed by atoms with Crippen LogP contribution in [0.25, 0.3) is 0 Å². The number of ether oxygens (including phenoxy) is 1. The van der Waals surface area contributed by atoms with Crippen LogP contribution in [-0.4, -0.2) is 19.6 Å². The van der Waals surface area contributed by atoms with Crippen LogP contribution in [0.1, 0.15) is 57.4 Å². The molecule has 3 rings (SSSR count). The van der Waals surface area contributed by atoms with Gasteiger partial charge in [-0.1, -0.05) is 38.3 Å². The first kappa shape index (κ1) is 16.5. The summed E-state index contributed by atoms with van der Waals surface area (Å²) >= 11 is 0. The molecule has 2 atom stereocenters. The molecule has 0 aromatic heterocycles. The van der Waals surface area contributed by atoms with Gasteiger partial charge < -0.3 is 9.64 Å². The fraction of sp³-hybridized carbons (Fsp3) is 0.650. The van der Waals surface area contributed by atoms with E-state index in [-0.39, 0.29) is 5.41 Å². The van der Waals surface area contributed by atoms with E-state index in [1.54, 1.807) is 7.11 Å². The van der Waals surface area contributed by atoms with E-state index in [9.17, 15) is 4.79 Å². The van der Waals surface area contributed by atoms with Gasteiger partial charge in [0.2, 0.25) is 5.91 Å². The van der Waals surface area contributed by atoms with Crippen LogP contribution in [0.15, 0.2) is 24.3 Å². The van der Waals surface area contributed by atoms with E-state index < -0.39 is 0 Å². The molecule has 1 aromatic rings. The number of rotatable bonds is 4. The van der Waals surface area contributed by atoms with E-state index in [4.69, 9.17) is 4.74 Å². The van der Waals surface area contributed by atoms with Crippen molar-refractivity contribution in [3.05, 3.63) is 29.8 Å². The number of carbonyl (C=O) groups is 1. The second-order valence-electron chi connectivity index (χ2n) is 7.29. The van der Waals surface area contributed by atoms with Crippen molar-refractivity contribution in [3.63, 3.8) is 0 Å². The van der Waals surface area contributed by atoms with Crippen LogP contribution in [0.4, 0.5) is 5.69 Å². The van der Waals surface area contributed by atoms with Crippen LogP contribution in [0.2, 0.25) is 0 Å². The average molecular weight is 315 g/mol. The number of carbonyl (C=O) groups excluding carboxylic acids is 1. The Labute approximate surface area is 140 Å². The van der Waals surface area contributed by atoms with Crippen LogP contribution in [0.3, 0.4) is 0 Å². The van der Waals surface area contributed by atoms with Crippen molar-refractivity contribution >= 4 is 11.6 Å². The Morgan fingerprint density at radius 1 is 1.17 bits per heavy atom. The lowest BCUT2D eigenvalue weighted by Crippen LogP contribution is -2.34. The number of amides is 1. The summed E-state index contributed by atoms with van der Waals surface area (Å²) in [6.45, 7) is 3.78. The molecular weight excluding hydrogens is 286 g/mol. The molecule has 1 amide bonds. The van der Waals surface area contributed by atoms with Gasteiger partial charge in [0.1, 0.15) is 0 Å². The second kappa shape index (κ2) is 7.04. The minimum atomic E-state index is -0.0743. The lowest BCUT2D eigenvalue weighted by atomic mass is 9.78. The molecule has 23 heavy (non-hydrogen) atoms. The number of benzene rings is 1. The van der Waals surface area contributed by atoms with E-state index in [0.29, 0.717) is 12.5 Å². The molecule has 1 saturated carbocycles. The van der Waals surface area contributed by atoms with Crippen molar-refractivity contribution in [1.29, 1.82) is 0 Å². The molecule has 126 valence electrons. The predicted molar refractivity (Wildman–Crippen MR) is 93.4 cm³/mol. The Morgan fingerprint density at radius 2 is 1.96 bits per heavy atom. The Balaban J connectivity index is 1.73. The van der Waals surface area contributed by atoms with Gasteiger partial charge in [-0.15, -0.1) is 0 Å². The first-order chi connectivity index (χ1) is 11.2. The minimum Gasteiger partial charge on any atom is -0.380 e. The third kappa shape index (κ3) is 3.30. The fourth-order valence-corrected chi connectivity index (χ4v) is 4.36. The largest absolute Gasteiger partial charge is 0.380 e. The van der Waals surface area contributed by atoms with Gasteiger partial charge in [-0.25, -0.2) is 0 Å². The van der Waals surface area contributed by atoms with Gasteiger partial charge in [-0.05, 0) is 49.3 Å². The summed E-state index contributed by atoms with van der Waals surface area (Å²) < 4.78 is 5.16. The Bertz CT molecular complexity index is 539. The first-order valence-electron chi connectivity index (χ1n) is 9.08. The van der Waals surface area contributed by atoms with Crippen LogP contribution >= 0.6 is 0 Å². The topological polar surface area (TPSA) is 29.5 Å². The number of anilines is 1. The van der Waals surface area contributed by atoms with E-state index >= 15 is 0 Å². The van der Waals surface area contributed by atoms with Gasteiger partial charge in [0.25, 0.3) is 0 Å². The quantitative estimate of drug-likeness (QED) is 0.816. The summed E-state index contributed by atoms with van der Waals surface area (Å²) in [6.07, 6.45) is 8.20. The summed E-state index contributed by atoms with van der Waals surface area (Å²) in [4.78, 5) is 15.2. The van der Waals surface area contributed by atoms with Gasteiger partial charge in [-0.3, -0.25) is 4.79 Å². The van der Waals surface area contributed by atoms with Crippen molar-refractivity contribution in [2.45, 2.75) is 58.5 Å². The third-order valence-electron chi connectivity index (χ3n) is 5.95. The Morgan fingerprint density at radius 3 is 2.65 bits per heavy atom. The van der Waals surface area contributed by atoms with Crippen molar-refractivity contribution < 1.29 is 9.53 Å². The second-order valence-corrected chi connectivity index (χ2v) is 7.29. The molecule has 2 unspecified atom stereocenters. The summed E-state index contributed by atoms with van der Waals surface area (Å²) in [5, 5.41) is 0. The summed E-state index contributed by atoms with van der Waals surface area (Å²) in [5.41, 5.74) is 2.12. The monoisotopic (exact) mass is 315 g/mol. The molecule has 2 fully saturated rings. The zero-order valence-corrected chi connectivity index (χ0v) is 14.5. The highest BCUT2D eigenvalue weighted by molar-refractivity contribution is 5.99. The zero-order valence-electron chi connectivity index (χ0n) is 14.5. The van der Waals surface area contributed by atoms with Crippen molar-refractivity contribution in [1.82, 2.24) is 0 Å². The van der Waals surface area contributed by atoms with Gasteiger partial charge in [0.15, 0.2) is 0 Å². The SMILES string of the molecule is CCC1CCCC2(CC1)CCN(c1ccc(COC)cc1)C2=O. The van der Waals surface area contributed by atoms with Crippen molar-refractivity contribution in [3.8, 4) is 0 Å². The number of methoxy groups -OCH3 is 1. The van der Waals surface area contributed by atoms with Gasteiger partial charge >= 0.3 is 0 Å². The maximum atomic E-state index is 13.1. The van der Waals surface area contributed by atoms with Crippen LogP contribution < -0.4 is 4.90 Å². The van der Waals surface area contributed by atoms with Crippen molar-refractivity contribution in [2.24, 2.45) is 11.3 Å². The Hall–Kier alpha value is -1.35. The standard InChI is InChI=1S/C20H29NO2/c1-3-16-5-4-11-20(12-10-16)13-14-21(19(20)22)18-8-6-17(7-9-18)15-23-2/h6-9,16H,3-5,10-15H2,1-2H3. The molecule has 1 aromatic carbocycles. The van der Waals surface area contributed by atoms with E-state index in [2.05, 4.69) is 31.2 Å². The molecule has 2 aliphatic rings. The average Bonchev–Trinajstić information content (AvgIpc) is 2.76. The fourth-order valence-electron chi connectivity index (χ4n) is 4.36. The predicted octanol–water partition coefficient (Wildman–Crippen LogP) is 4.55. The maximum Gasteiger partial charge on any atom is 0.233 e. The summed E-state index contributed by atoms with van der Waals surface area (Å²) in [6, 6.07) is 8.27. The highest BCUT2D eigenvalue weighted by Gasteiger charge is 2.47. The molecule has 1 heterocycles. The van der Waals surface area contributed by atoms with Crippen molar-refractivity contribution in [2.75, 3.05) is 18.6 Å². The van der Waals surface area contributed by atoms with Gasteiger partial charge in [0.05, 0.1) is 12.0 Å². The molecule has 1 aliphatic carbocycles.